The number of imidazole rings is 1. The van der Waals surface area contributed by atoms with Gasteiger partial charge in [0.05, 0.1) is 39.3 Å². The second-order valence-electron chi connectivity index (χ2n) is 8.09. The molecule has 2 N–H and O–H groups in total. The number of aromatic nitrogens is 7. The Hall–Kier alpha value is -3.74. The maximum Gasteiger partial charge on any atom is 0.234 e. The van der Waals surface area contributed by atoms with Gasteiger partial charge in [-0.1, -0.05) is 66.0 Å². The Bertz CT molecular complexity index is 1640. The van der Waals surface area contributed by atoms with E-state index in [0.29, 0.717) is 17.5 Å². The molecule has 0 saturated heterocycles. The first-order valence-corrected chi connectivity index (χ1v) is 14.2. The van der Waals surface area contributed by atoms with E-state index in [-0.39, 0.29) is 11.7 Å². The van der Waals surface area contributed by atoms with Crippen LogP contribution in [0.2, 0.25) is 0 Å². The Morgan fingerprint density at radius 2 is 1.84 bits per heavy atom. The van der Waals surface area contributed by atoms with E-state index in [9.17, 15) is 4.79 Å². The van der Waals surface area contributed by atoms with Crippen molar-refractivity contribution < 1.29 is 4.79 Å². The van der Waals surface area contributed by atoms with Crippen molar-refractivity contribution in [2.24, 2.45) is 0 Å². The zero-order chi connectivity index (χ0) is 25.0. The number of carbonyl (C=O) groups excluding carboxylic acids is 1. The van der Waals surface area contributed by atoms with Gasteiger partial charge in [-0.2, -0.15) is 0 Å². The first-order valence-electron chi connectivity index (χ1n) is 11.4. The van der Waals surface area contributed by atoms with Crippen molar-refractivity contribution in [2.45, 2.75) is 21.8 Å². The second kappa shape index (κ2) is 10.7. The molecule has 9 nitrogen and oxygen atoms in total. The van der Waals surface area contributed by atoms with Crippen LogP contribution < -0.4 is 5.32 Å². The number of hydrogen-bond donors (Lipinski definition) is 2. The SMILES string of the molecule is O=C(CSc1nnnn1Cc1ccccc1)Nc1ccc2nc(SCc3nc4ccccc4[nH]3)sc2c1. The van der Waals surface area contributed by atoms with Crippen LogP contribution in [0.4, 0.5) is 5.69 Å². The summed E-state index contributed by atoms with van der Waals surface area (Å²) < 4.78 is 3.67. The van der Waals surface area contributed by atoms with Gasteiger partial charge in [0.25, 0.3) is 0 Å². The third-order valence-electron chi connectivity index (χ3n) is 5.43. The number of nitrogens with zero attached hydrogens (tertiary/aromatic N) is 6. The van der Waals surface area contributed by atoms with E-state index in [1.165, 1.54) is 11.8 Å². The van der Waals surface area contributed by atoms with Gasteiger partial charge < -0.3 is 10.3 Å². The normalized spacial score (nSPS) is 11.4. The molecule has 184 valence electrons. The molecule has 0 aliphatic rings. The van der Waals surface area contributed by atoms with Crippen LogP contribution in [0.25, 0.3) is 21.3 Å². The van der Waals surface area contributed by atoms with Crippen LogP contribution in [-0.4, -0.2) is 46.8 Å². The summed E-state index contributed by atoms with van der Waals surface area (Å²) in [7, 11) is 0. The lowest BCUT2D eigenvalue weighted by molar-refractivity contribution is -0.113. The molecular weight excluding hydrogens is 525 g/mol. The molecule has 12 heteroatoms. The highest BCUT2D eigenvalue weighted by Gasteiger charge is 2.12. The molecule has 0 spiro atoms. The van der Waals surface area contributed by atoms with Gasteiger partial charge >= 0.3 is 0 Å². The Kier molecular flexibility index (Phi) is 6.84. The smallest absolute Gasteiger partial charge is 0.234 e. The van der Waals surface area contributed by atoms with Crippen molar-refractivity contribution in [1.29, 1.82) is 0 Å². The number of para-hydroxylation sites is 2. The number of amides is 1. The largest absolute Gasteiger partial charge is 0.341 e. The molecule has 6 aromatic rings. The van der Waals surface area contributed by atoms with Gasteiger partial charge in [0.15, 0.2) is 4.34 Å². The van der Waals surface area contributed by atoms with Crippen LogP contribution in [0.15, 0.2) is 82.3 Å². The highest BCUT2D eigenvalue weighted by Crippen LogP contribution is 2.33. The summed E-state index contributed by atoms with van der Waals surface area (Å²) in [6.07, 6.45) is 0. The second-order valence-corrected chi connectivity index (χ2v) is 11.3. The van der Waals surface area contributed by atoms with Crippen molar-refractivity contribution in [3.05, 3.63) is 84.2 Å². The van der Waals surface area contributed by atoms with Gasteiger partial charge in [0, 0.05) is 5.69 Å². The predicted molar refractivity (Wildman–Crippen MR) is 148 cm³/mol. The van der Waals surface area contributed by atoms with E-state index in [1.54, 1.807) is 27.8 Å². The summed E-state index contributed by atoms with van der Waals surface area (Å²) in [6.45, 7) is 0.552. The third-order valence-corrected chi connectivity index (χ3v) is 8.56. The fourth-order valence-electron chi connectivity index (χ4n) is 3.73. The summed E-state index contributed by atoms with van der Waals surface area (Å²) in [5.74, 6) is 1.71. The number of fused-ring (bicyclic) bond motifs is 2. The minimum absolute atomic E-state index is 0.123. The number of rotatable bonds is 9. The predicted octanol–water partition coefficient (Wildman–Crippen LogP) is 5.23. The molecule has 0 radical (unpaired) electrons. The van der Waals surface area contributed by atoms with E-state index < -0.39 is 0 Å². The highest BCUT2D eigenvalue weighted by atomic mass is 32.2. The van der Waals surface area contributed by atoms with Gasteiger partial charge in [-0.3, -0.25) is 4.79 Å². The van der Waals surface area contributed by atoms with Gasteiger partial charge in [-0.25, -0.2) is 14.6 Å². The molecule has 1 amide bonds. The topological polar surface area (TPSA) is 114 Å². The standard InChI is InChI=1S/C25H20N8OS3/c34-23(15-35-24-30-31-32-33(24)13-16-6-2-1-3-7-16)26-17-10-11-20-21(12-17)37-25(29-20)36-14-22-27-18-8-4-5-9-19(18)28-22/h1-12H,13-15H2,(H,26,34)(H,27,28). The number of nitrogens with one attached hydrogen (secondary N) is 2. The summed E-state index contributed by atoms with van der Waals surface area (Å²) in [6, 6.07) is 23.7. The molecule has 6 rings (SSSR count). The average Bonchev–Trinajstić information content (AvgIpc) is 3.64. The quantitative estimate of drug-likeness (QED) is 0.238. The maximum atomic E-state index is 12.6. The first-order chi connectivity index (χ1) is 18.2. The van der Waals surface area contributed by atoms with Gasteiger partial charge in [0.1, 0.15) is 5.82 Å². The van der Waals surface area contributed by atoms with Crippen molar-refractivity contribution in [1.82, 2.24) is 35.2 Å². The number of anilines is 1. The van der Waals surface area contributed by atoms with Crippen LogP contribution in [-0.2, 0) is 17.1 Å². The fourth-order valence-corrected chi connectivity index (χ4v) is 6.38. The third kappa shape index (κ3) is 5.66. The van der Waals surface area contributed by atoms with Crippen LogP contribution in [0.5, 0.6) is 0 Å². The Morgan fingerprint density at radius 3 is 2.73 bits per heavy atom. The monoisotopic (exact) mass is 544 g/mol. The number of thioether (sulfide) groups is 2. The molecule has 3 heterocycles. The zero-order valence-electron chi connectivity index (χ0n) is 19.4. The first kappa shape index (κ1) is 23.6. The lowest BCUT2D eigenvalue weighted by Gasteiger charge is -2.06. The fraction of sp³-hybridized carbons (Fsp3) is 0.120. The van der Waals surface area contributed by atoms with Crippen LogP contribution in [0.1, 0.15) is 11.4 Å². The minimum atomic E-state index is -0.123. The van der Waals surface area contributed by atoms with Crippen molar-refractivity contribution in [3.8, 4) is 0 Å². The molecular formula is C25H20N8OS3. The van der Waals surface area contributed by atoms with E-state index >= 15 is 0 Å². The molecule has 0 unspecified atom stereocenters. The van der Waals surface area contributed by atoms with Crippen LogP contribution in [0, 0.1) is 0 Å². The van der Waals surface area contributed by atoms with E-state index in [1.807, 2.05) is 72.8 Å². The number of hydrogen-bond acceptors (Lipinski definition) is 9. The molecule has 3 aromatic carbocycles. The van der Waals surface area contributed by atoms with Crippen molar-refractivity contribution in [3.63, 3.8) is 0 Å². The summed E-state index contributed by atoms with van der Waals surface area (Å²) in [5, 5.41) is 15.4. The van der Waals surface area contributed by atoms with Gasteiger partial charge in [-0.05, 0) is 46.3 Å². The molecule has 0 fully saturated rings. The molecule has 3 aromatic heterocycles. The van der Waals surface area contributed by atoms with Crippen LogP contribution in [0.3, 0.4) is 0 Å². The number of benzene rings is 3. The minimum Gasteiger partial charge on any atom is -0.341 e. The summed E-state index contributed by atoms with van der Waals surface area (Å²) in [5.41, 5.74) is 4.74. The number of thiazole rings is 1. The van der Waals surface area contributed by atoms with Crippen molar-refractivity contribution >= 4 is 67.7 Å². The Labute approximate surface area is 224 Å². The van der Waals surface area contributed by atoms with Gasteiger partial charge in [-0.15, -0.1) is 16.4 Å². The average molecular weight is 545 g/mol. The highest BCUT2D eigenvalue weighted by molar-refractivity contribution is 8.00. The van der Waals surface area contributed by atoms with Crippen LogP contribution >= 0.6 is 34.9 Å². The summed E-state index contributed by atoms with van der Waals surface area (Å²) in [4.78, 5) is 25.3. The van der Waals surface area contributed by atoms with E-state index in [4.69, 9.17) is 4.98 Å². The Morgan fingerprint density at radius 1 is 0.973 bits per heavy atom. The lowest BCUT2D eigenvalue weighted by atomic mass is 10.2. The molecule has 37 heavy (non-hydrogen) atoms. The van der Waals surface area contributed by atoms with Gasteiger partial charge in [0.2, 0.25) is 11.1 Å². The van der Waals surface area contributed by atoms with E-state index in [0.717, 1.165) is 42.7 Å². The maximum absolute atomic E-state index is 12.6. The molecule has 0 aliphatic heterocycles. The number of tetrazole rings is 1. The van der Waals surface area contributed by atoms with Crippen molar-refractivity contribution in [2.75, 3.05) is 11.1 Å². The molecule has 0 atom stereocenters. The molecule has 0 bridgehead atoms. The van der Waals surface area contributed by atoms with E-state index in [2.05, 4.69) is 30.8 Å². The number of H-pyrrole nitrogens is 1. The zero-order valence-corrected chi connectivity index (χ0v) is 21.8. The summed E-state index contributed by atoms with van der Waals surface area (Å²) >= 11 is 4.55. The number of carbonyl (C=O) groups is 1. The Balaban J connectivity index is 1.05. The number of aromatic amines is 1. The molecule has 0 aliphatic carbocycles. The molecule has 0 saturated carbocycles. The lowest BCUT2D eigenvalue weighted by Crippen LogP contribution is -2.14.